The minimum absolute atomic E-state index is 0.0773. The van der Waals surface area contributed by atoms with E-state index in [-0.39, 0.29) is 16.8 Å². The highest BCUT2D eigenvalue weighted by atomic mass is 19.4. The zero-order chi connectivity index (χ0) is 15.4. The minimum atomic E-state index is -4.46. The zero-order valence-corrected chi connectivity index (χ0v) is 11.3. The lowest BCUT2D eigenvalue weighted by Gasteiger charge is -2.09. The van der Waals surface area contributed by atoms with Gasteiger partial charge in [0.25, 0.3) is 0 Å². The van der Waals surface area contributed by atoms with Gasteiger partial charge in [-0.2, -0.15) is 13.2 Å². The number of halogens is 3. The molecule has 2 heterocycles. The summed E-state index contributed by atoms with van der Waals surface area (Å²) in [6.07, 6.45) is -3.18. The number of nitrogen functional groups attached to an aromatic ring is 1. The Morgan fingerprint density at radius 3 is 2.57 bits per heavy atom. The third-order valence-corrected chi connectivity index (χ3v) is 3.65. The molecule has 1 aromatic carbocycles. The molecule has 3 aromatic rings. The molecule has 0 atom stereocenters. The second kappa shape index (κ2) is 4.28. The van der Waals surface area contributed by atoms with E-state index >= 15 is 0 Å². The smallest absolute Gasteiger partial charge is 0.394 e. The predicted molar refractivity (Wildman–Crippen MR) is 72.6 cm³/mol. The quantitative estimate of drug-likeness (QED) is 0.744. The van der Waals surface area contributed by atoms with Gasteiger partial charge in [0.05, 0.1) is 17.3 Å². The van der Waals surface area contributed by atoms with Crippen molar-refractivity contribution in [1.82, 2.24) is 9.72 Å². The second-order valence-electron chi connectivity index (χ2n) is 4.83. The monoisotopic (exact) mass is 295 g/mol. The molecule has 0 spiro atoms. The molecule has 0 aliphatic rings. The SMILES string of the molecule is Cc1c(-c2oncc2N)c2c(C(F)(F)F)cccc2n1C. The Kier molecular flexibility index (Phi) is 2.76. The highest BCUT2D eigenvalue weighted by molar-refractivity contribution is 6.01. The summed E-state index contributed by atoms with van der Waals surface area (Å²) in [5, 5.41) is 3.63. The molecule has 2 aromatic heterocycles. The van der Waals surface area contributed by atoms with Crippen molar-refractivity contribution in [1.29, 1.82) is 0 Å². The Labute approximate surface area is 117 Å². The van der Waals surface area contributed by atoms with Gasteiger partial charge in [0.1, 0.15) is 5.69 Å². The maximum Gasteiger partial charge on any atom is 0.417 e. The summed E-state index contributed by atoms with van der Waals surface area (Å²) in [6, 6.07) is 4.07. The van der Waals surface area contributed by atoms with Gasteiger partial charge in [-0.3, -0.25) is 0 Å². The van der Waals surface area contributed by atoms with Crippen LogP contribution >= 0.6 is 0 Å². The van der Waals surface area contributed by atoms with Crippen molar-refractivity contribution in [3.8, 4) is 11.3 Å². The van der Waals surface area contributed by atoms with Crippen LogP contribution in [-0.2, 0) is 13.2 Å². The number of benzene rings is 1. The summed E-state index contributed by atoms with van der Waals surface area (Å²) in [6.45, 7) is 1.72. The van der Waals surface area contributed by atoms with E-state index in [9.17, 15) is 13.2 Å². The molecule has 0 bridgehead atoms. The van der Waals surface area contributed by atoms with Crippen molar-refractivity contribution in [3.63, 3.8) is 0 Å². The molecule has 2 N–H and O–H groups in total. The van der Waals surface area contributed by atoms with Crippen LogP contribution < -0.4 is 5.73 Å². The fourth-order valence-electron chi connectivity index (χ4n) is 2.56. The van der Waals surface area contributed by atoms with Gasteiger partial charge in [-0.25, -0.2) is 0 Å². The summed E-state index contributed by atoms with van der Waals surface area (Å²) in [7, 11) is 1.70. The van der Waals surface area contributed by atoms with E-state index in [1.165, 1.54) is 12.3 Å². The Morgan fingerprint density at radius 1 is 1.29 bits per heavy atom. The molecule has 0 aliphatic carbocycles. The Hall–Kier alpha value is -2.44. The van der Waals surface area contributed by atoms with Crippen molar-refractivity contribution < 1.29 is 17.7 Å². The number of nitrogens with zero attached hydrogens (tertiary/aromatic N) is 2. The first-order valence-electron chi connectivity index (χ1n) is 6.18. The Bertz CT molecular complexity index is 830. The third kappa shape index (κ3) is 1.88. The summed E-state index contributed by atoms with van der Waals surface area (Å²) in [5.41, 5.74) is 6.68. The molecule has 0 fully saturated rings. The minimum Gasteiger partial charge on any atom is -0.394 e. The molecular weight excluding hydrogens is 283 g/mol. The van der Waals surface area contributed by atoms with E-state index < -0.39 is 11.7 Å². The van der Waals surface area contributed by atoms with Crippen LogP contribution in [0.4, 0.5) is 18.9 Å². The first kappa shape index (κ1) is 13.5. The molecule has 0 saturated carbocycles. The maximum absolute atomic E-state index is 13.3. The fourth-order valence-corrected chi connectivity index (χ4v) is 2.56. The summed E-state index contributed by atoms with van der Waals surface area (Å²) in [5.74, 6) is 0.162. The van der Waals surface area contributed by atoms with E-state index in [1.54, 1.807) is 24.6 Å². The van der Waals surface area contributed by atoms with Gasteiger partial charge in [-0.05, 0) is 19.1 Å². The molecule has 110 valence electrons. The van der Waals surface area contributed by atoms with Crippen LogP contribution in [-0.4, -0.2) is 9.72 Å². The average molecular weight is 295 g/mol. The molecule has 7 heteroatoms. The second-order valence-corrected chi connectivity index (χ2v) is 4.83. The number of hydrogen-bond donors (Lipinski definition) is 1. The number of fused-ring (bicyclic) bond motifs is 1. The van der Waals surface area contributed by atoms with Crippen molar-refractivity contribution in [2.24, 2.45) is 7.05 Å². The lowest BCUT2D eigenvalue weighted by atomic mass is 10.0. The normalized spacial score (nSPS) is 12.2. The van der Waals surface area contributed by atoms with E-state index in [4.69, 9.17) is 10.3 Å². The summed E-state index contributed by atoms with van der Waals surface area (Å²) >= 11 is 0. The molecular formula is C14H12F3N3O. The molecule has 21 heavy (non-hydrogen) atoms. The predicted octanol–water partition coefficient (Wildman–Crippen LogP) is 3.74. The summed E-state index contributed by atoms with van der Waals surface area (Å²) in [4.78, 5) is 0. The van der Waals surface area contributed by atoms with Crippen LogP contribution in [0.5, 0.6) is 0 Å². The number of rotatable bonds is 1. The van der Waals surface area contributed by atoms with Crippen LogP contribution in [0.1, 0.15) is 11.3 Å². The van der Waals surface area contributed by atoms with E-state index in [0.717, 1.165) is 6.07 Å². The Morgan fingerprint density at radius 2 is 2.00 bits per heavy atom. The number of aryl methyl sites for hydroxylation is 1. The molecule has 3 rings (SSSR count). The first-order valence-corrected chi connectivity index (χ1v) is 6.18. The molecule has 0 unspecified atom stereocenters. The number of anilines is 1. The maximum atomic E-state index is 13.3. The lowest BCUT2D eigenvalue weighted by Crippen LogP contribution is -2.05. The number of nitrogens with two attached hydrogens (primary N) is 1. The topological polar surface area (TPSA) is 57.0 Å². The van der Waals surface area contributed by atoms with Crippen molar-refractivity contribution in [2.45, 2.75) is 13.1 Å². The van der Waals surface area contributed by atoms with Gasteiger partial charge in [-0.1, -0.05) is 11.2 Å². The lowest BCUT2D eigenvalue weighted by molar-refractivity contribution is -0.136. The van der Waals surface area contributed by atoms with E-state index in [2.05, 4.69) is 5.16 Å². The molecule has 4 nitrogen and oxygen atoms in total. The molecule has 0 saturated heterocycles. The van der Waals surface area contributed by atoms with Gasteiger partial charge >= 0.3 is 6.18 Å². The van der Waals surface area contributed by atoms with E-state index in [0.29, 0.717) is 16.8 Å². The van der Waals surface area contributed by atoms with Gasteiger partial charge in [0.2, 0.25) is 0 Å². The van der Waals surface area contributed by atoms with Crippen LogP contribution in [0.3, 0.4) is 0 Å². The van der Waals surface area contributed by atoms with Gasteiger partial charge < -0.3 is 14.8 Å². The van der Waals surface area contributed by atoms with Crippen LogP contribution in [0.2, 0.25) is 0 Å². The number of hydrogen-bond acceptors (Lipinski definition) is 3. The highest BCUT2D eigenvalue weighted by Crippen LogP contribution is 2.43. The molecule has 0 radical (unpaired) electrons. The van der Waals surface area contributed by atoms with Gasteiger partial charge in [-0.15, -0.1) is 0 Å². The van der Waals surface area contributed by atoms with E-state index in [1.807, 2.05) is 0 Å². The fraction of sp³-hybridized carbons (Fsp3) is 0.214. The Balaban J connectivity index is 2.50. The summed E-state index contributed by atoms with van der Waals surface area (Å²) < 4.78 is 46.6. The van der Waals surface area contributed by atoms with Gasteiger partial charge in [0.15, 0.2) is 5.76 Å². The first-order chi connectivity index (χ1) is 9.82. The van der Waals surface area contributed by atoms with Crippen molar-refractivity contribution >= 4 is 16.6 Å². The zero-order valence-electron chi connectivity index (χ0n) is 11.3. The number of aromatic nitrogens is 2. The molecule has 0 amide bonds. The molecule has 0 aliphatic heterocycles. The standard InChI is InChI=1S/C14H12F3N3O/c1-7-11(13-9(18)6-19-21-13)12-8(14(15,16)17)4-3-5-10(12)20(7)2/h3-6H,18H2,1-2H3. The van der Waals surface area contributed by atoms with Crippen molar-refractivity contribution in [3.05, 3.63) is 35.7 Å². The van der Waals surface area contributed by atoms with Gasteiger partial charge in [0, 0.05) is 23.6 Å². The third-order valence-electron chi connectivity index (χ3n) is 3.65. The number of alkyl halides is 3. The van der Waals surface area contributed by atoms with Crippen LogP contribution in [0, 0.1) is 6.92 Å². The largest absolute Gasteiger partial charge is 0.417 e. The van der Waals surface area contributed by atoms with Crippen LogP contribution in [0.25, 0.3) is 22.2 Å². The average Bonchev–Trinajstić information content (AvgIpc) is 2.92. The van der Waals surface area contributed by atoms with Crippen LogP contribution in [0.15, 0.2) is 28.9 Å². The highest BCUT2D eigenvalue weighted by Gasteiger charge is 2.35. The van der Waals surface area contributed by atoms with Crippen molar-refractivity contribution in [2.75, 3.05) is 5.73 Å².